The summed E-state index contributed by atoms with van der Waals surface area (Å²) in [6.07, 6.45) is 2.94. The molecule has 1 N–H and O–H groups in total. The Hall–Kier alpha value is -1.11. The minimum absolute atomic E-state index is 0.122. The SMILES string of the molecule is CCC(CSC)N(C)C(=O)c1nn[nH]n1. The molecule has 0 aliphatic heterocycles. The highest BCUT2D eigenvalue weighted by Gasteiger charge is 2.22. The van der Waals surface area contributed by atoms with Crippen LogP contribution in [0.15, 0.2) is 0 Å². The van der Waals surface area contributed by atoms with Crippen molar-refractivity contribution in [3.63, 3.8) is 0 Å². The highest BCUT2D eigenvalue weighted by Crippen LogP contribution is 2.10. The van der Waals surface area contributed by atoms with Crippen molar-refractivity contribution in [1.82, 2.24) is 25.5 Å². The van der Waals surface area contributed by atoms with Crippen LogP contribution in [0.4, 0.5) is 0 Å². The van der Waals surface area contributed by atoms with Crippen LogP contribution < -0.4 is 0 Å². The maximum absolute atomic E-state index is 11.8. The van der Waals surface area contributed by atoms with Crippen LogP contribution in [0.3, 0.4) is 0 Å². The number of amides is 1. The molecule has 1 aromatic heterocycles. The number of aromatic nitrogens is 4. The van der Waals surface area contributed by atoms with E-state index in [0.29, 0.717) is 0 Å². The van der Waals surface area contributed by atoms with Crippen LogP contribution >= 0.6 is 11.8 Å². The summed E-state index contributed by atoms with van der Waals surface area (Å²) in [4.78, 5) is 13.5. The van der Waals surface area contributed by atoms with Gasteiger partial charge in [-0.05, 0) is 17.9 Å². The van der Waals surface area contributed by atoms with Crippen LogP contribution in [0.2, 0.25) is 0 Å². The van der Waals surface area contributed by atoms with Gasteiger partial charge in [-0.2, -0.15) is 17.0 Å². The quantitative estimate of drug-likeness (QED) is 0.791. The topological polar surface area (TPSA) is 74.8 Å². The minimum Gasteiger partial charge on any atom is -0.335 e. The summed E-state index contributed by atoms with van der Waals surface area (Å²) < 4.78 is 0. The molecular formula is C8H15N5OS. The van der Waals surface area contributed by atoms with Crippen LogP contribution in [0.1, 0.15) is 24.0 Å². The van der Waals surface area contributed by atoms with Gasteiger partial charge in [0.05, 0.1) is 0 Å². The number of carbonyl (C=O) groups excluding carboxylic acids is 1. The van der Waals surface area contributed by atoms with Gasteiger partial charge in [0.1, 0.15) is 0 Å². The second kappa shape index (κ2) is 5.69. The van der Waals surface area contributed by atoms with Gasteiger partial charge in [0.15, 0.2) is 0 Å². The zero-order chi connectivity index (χ0) is 11.3. The number of carbonyl (C=O) groups is 1. The lowest BCUT2D eigenvalue weighted by atomic mass is 10.2. The molecular weight excluding hydrogens is 214 g/mol. The molecule has 0 aliphatic carbocycles. The Morgan fingerprint density at radius 2 is 2.40 bits per heavy atom. The summed E-state index contributed by atoms with van der Waals surface area (Å²) >= 11 is 1.72. The number of nitrogens with one attached hydrogen (secondary N) is 1. The van der Waals surface area contributed by atoms with Crippen molar-refractivity contribution < 1.29 is 4.79 Å². The summed E-state index contributed by atoms with van der Waals surface area (Å²) in [6, 6.07) is 0.214. The van der Waals surface area contributed by atoms with Crippen molar-refractivity contribution in [2.45, 2.75) is 19.4 Å². The molecule has 0 radical (unpaired) electrons. The van der Waals surface area contributed by atoms with Crippen LogP contribution in [-0.4, -0.2) is 56.5 Å². The monoisotopic (exact) mass is 229 g/mol. The third-order valence-corrected chi connectivity index (χ3v) is 2.95. The molecule has 1 atom stereocenters. The van der Waals surface area contributed by atoms with Gasteiger partial charge in [-0.1, -0.05) is 6.92 Å². The first-order valence-corrected chi connectivity index (χ1v) is 6.09. The minimum atomic E-state index is -0.190. The number of hydrogen-bond acceptors (Lipinski definition) is 5. The van der Waals surface area contributed by atoms with E-state index in [1.807, 2.05) is 6.26 Å². The molecule has 0 saturated carbocycles. The molecule has 1 amide bonds. The van der Waals surface area contributed by atoms with Gasteiger partial charge in [0.2, 0.25) is 0 Å². The maximum atomic E-state index is 11.8. The number of thioether (sulfide) groups is 1. The van der Waals surface area contributed by atoms with E-state index in [1.54, 1.807) is 23.7 Å². The van der Waals surface area contributed by atoms with Crippen molar-refractivity contribution in [2.24, 2.45) is 0 Å². The predicted octanol–water partition coefficient (Wildman–Crippen LogP) is 0.413. The number of nitrogens with zero attached hydrogens (tertiary/aromatic N) is 4. The average molecular weight is 229 g/mol. The first-order chi connectivity index (χ1) is 7.20. The Balaban J connectivity index is 2.66. The fraction of sp³-hybridized carbons (Fsp3) is 0.750. The van der Waals surface area contributed by atoms with E-state index in [4.69, 9.17) is 0 Å². The summed E-state index contributed by atoms with van der Waals surface area (Å²) in [5.74, 6) is 0.845. The zero-order valence-electron chi connectivity index (χ0n) is 9.10. The fourth-order valence-electron chi connectivity index (χ4n) is 1.27. The van der Waals surface area contributed by atoms with Gasteiger partial charge in [0, 0.05) is 18.8 Å². The molecule has 6 nitrogen and oxygen atoms in total. The molecule has 0 saturated heterocycles. The first kappa shape index (κ1) is 12.0. The molecule has 0 spiro atoms. The van der Waals surface area contributed by atoms with E-state index < -0.39 is 0 Å². The highest BCUT2D eigenvalue weighted by molar-refractivity contribution is 7.98. The van der Waals surface area contributed by atoms with Crippen molar-refractivity contribution in [3.8, 4) is 0 Å². The highest BCUT2D eigenvalue weighted by atomic mass is 32.2. The summed E-state index contributed by atoms with van der Waals surface area (Å²) in [5, 5.41) is 13.0. The van der Waals surface area contributed by atoms with Crippen molar-refractivity contribution >= 4 is 17.7 Å². The van der Waals surface area contributed by atoms with E-state index in [0.717, 1.165) is 12.2 Å². The van der Waals surface area contributed by atoms with E-state index >= 15 is 0 Å². The molecule has 0 aromatic carbocycles. The summed E-state index contributed by atoms with van der Waals surface area (Å²) in [7, 11) is 1.77. The lowest BCUT2D eigenvalue weighted by Gasteiger charge is -2.25. The van der Waals surface area contributed by atoms with E-state index in [1.165, 1.54) is 0 Å². The van der Waals surface area contributed by atoms with E-state index in [-0.39, 0.29) is 17.8 Å². The molecule has 84 valence electrons. The van der Waals surface area contributed by atoms with E-state index in [9.17, 15) is 4.79 Å². The molecule has 0 aliphatic rings. The predicted molar refractivity (Wildman–Crippen MR) is 58.7 cm³/mol. The van der Waals surface area contributed by atoms with Crippen LogP contribution in [-0.2, 0) is 0 Å². The first-order valence-electron chi connectivity index (χ1n) is 4.70. The van der Waals surface area contributed by atoms with Crippen LogP contribution in [0.5, 0.6) is 0 Å². The lowest BCUT2D eigenvalue weighted by Crippen LogP contribution is -2.38. The summed E-state index contributed by atoms with van der Waals surface area (Å²) in [6.45, 7) is 2.06. The number of H-pyrrole nitrogens is 1. The normalized spacial score (nSPS) is 12.5. The van der Waals surface area contributed by atoms with Crippen molar-refractivity contribution in [1.29, 1.82) is 0 Å². The van der Waals surface area contributed by atoms with Crippen molar-refractivity contribution in [2.75, 3.05) is 19.1 Å². The Morgan fingerprint density at radius 3 is 2.87 bits per heavy atom. The third kappa shape index (κ3) is 2.92. The van der Waals surface area contributed by atoms with Crippen LogP contribution in [0, 0.1) is 0 Å². The smallest absolute Gasteiger partial charge is 0.295 e. The molecule has 0 bridgehead atoms. The Kier molecular flexibility index (Phi) is 4.54. The summed E-state index contributed by atoms with van der Waals surface area (Å²) in [5.41, 5.74) is 0. The fourth-order valence-corrected chi connectivity index (χ4v) is 2.12. The Bertz CT molecular complexity index is 302. The van der Waals surface area contributed by atoms with Gasteiger partial charge in [-0.15, -0.1) is 10.2 Å². The molecule has 1 unspecified atom stereocenters. The number of rotatable bonds is 5. The van der Waals surface area contributed by atoms with Gasteiger partial charge in [-0.25, -0.2) is 0 Å². The molecule has 7 heteroatoms. The molecule has 0 fully saturated rings. The number of hydrogen-bond donors (Lipinski definition) is 1. The lowest BCUT2D eigenvalue weighted by molar-refractivity contribution is 0.0731. The molecule has 1 aromatic rings. The second-order valence-corrected chi connectivity index (χ2v) is 4.08. The van der Waals surface area contributed by atoms with E-state index in [2.05, 4.69) is 27.5 Å². The van der Waals surface area contributed by atoms with Crippen LogP contribution in [0.25, 0.3) is 0 Å². The van der Waals surface area contributed by atoms with Crippen molar-refractivity contribution in [3.05, 3.63) is 5.82 Å². The molecule has 15 heavy (non-hydrogen) atoms. The Labute approximate surface area is 92.8 Å². The third-order valence-electron chi connectivity index (χ3n) is 2.24. The van der Waals surface area contributed by atoms with Gasteiger partial charge >= 0.3 is 0 Å². The maximum Gasteiger partial charge on any atom is 0.295 e. The number of tetrazole rings is 1. The van der Waals surface area contributed by atoms with Gasteiger partial charge in [0.25, 0.3) is 11.7 Å². The standard InChI is InChI=1S/C8H15N5OS/c1-4-6(5-15-3)13(2)8(14)7-9-11-12-10-7/h6H,4-5H2,1-3H3,(H,9,10,11,12). The molecule has 1 rings (SSSR count). The van der Waals surface area contributed by atoms with Gasteiger partial charge < -0.3 is 4.90 Å². The molecule has 1 heterocycles. The second-order valence-electron chi connectivity index (χ2n) is 3.17. The Morgan fingerprint density at radius 1 is 1.67 bits per heavy atom. The zero-order valence-corrected chi connectivity index (χ0v) is 9.91. The number of aromatic amines is 1. The average Bonchev–Trinajstić information content (AvgIpc) is 2.77. The van der Waals surface area contributed by atoms with Gasteiger partial charge in [-0.3, -0.25) is 4.79 Å². The largest absolute Gasteiger partial charge is 0.335 e.